The van der Waals surface area contributed by atoms with Crippen LogP contribution in [0.3, 0.4) is 0 Å². The predicted octanol–water partition coefficient (Wildman–Crippen LogP) is 4.56. The van der Waals surface area contributed by atoms with Gasteiger partial charge in [0.2, 0.25) is 0 Å². The number of thioether (sulfide) groups is 1. The van der Waals surface area contributed by atoms with Crippen molar-refractivity contribution >= 4 is 11.8 Å². The highest BCUT2D eigenvalue weighted by molar-refractivity contribution is 8.00. The molecule has 0 spiro atoms. The normalized spacial score (nSPS) is 28.5. The molecule has 2 bridgehead atoms. The fourth-order valence-electron chi connectivity index (χ4n) is 4.17. The van der Waals surface area contributed by atoms with Crippen LogP contribution in [-0.2, 0) is 6.42 Å². The van der Waals surface area contributed by atoms with Crippen molar-refractivity contribution < 1.29 is 5.11 Å². The average molecular weight is 335 g/mol. The lowest BCUT2D eigenvalue weighted by atomic mass is 9.86. The molecule has 0 aliphatic carbocycles. The molecule has 2 atom stereocenters. The number of nitrogens with zero attached hydrogens (tertiary/aromatic N) is 1. The van der Waals surface area contributed by atoms with Crippen LogP contribution in [0.5, 0.6) is 0 Å². The largest absolute Gasteiger partial charge is 0.389 e. The summed E-state index contributed by atoms with van der Waals surface area (Å²) in [5, 5.41) is 21.6. The highest BCUT2D eigenvalue weighted by Crippen LogP contribution is 2.48. The Morgan fingerprint density at radius 3 is 2.38 bits per heavy atom. The van der Waals surface area contributed by atoms with Crippen molar-refractivity contribution in [1.29, 1.82) is 5.26 Å². The summed E-state index contributed by atoms with van der Waals surface area (Å²) >= 11 is 2.08. The number of nitriles is 1. The molecule has 2 aliphatic heterocycles. The maximum atomic E-state index is 11.0. The standard InChI is InChI=1S/C21H21NOS/c22-14-17-3-1-2-4-20(17)16-7-5-15(6-8-16)11-21(23)12-18-9-10-19(13-21)24-18/h1-8,18-19,23H,9-13H2. The van der Waals surface area contributed by atoms with Gasteiger partial charge in [0.1, 0.15) is 0 Å². The van der Waals surface area contributed by atoms with Gasteiger partial charge >= 0.3 is 0 Å². The topological polar surface area (TPSA) is 44.0 Å². The van der Waals surface area contributed by atoms with Gasteiger partial charge in [-0.05, 0) is 48.4 Å². The van der Waals surface area contributed by atoms with Gasteiger partial charge in [0, 0.05) is 16.9 Å². The minimum Gasteiger partial charge on any atom is -0.389 e. The molecule has 122 valence electrons. The Balaban J connectivity index is 1.53. The molecule has 0 radical (unpaired) electrons. The second-order valence-electron chi connectivity index (χ2n) is 7.12. The fraction of sp³-hybridized carbons (Fsp3) is 0.381. The lowest BCUT2D eigenvalue weighted by Crippen LogP contribution is -2.39. The monoisotopic (exact) mass is 335 g/mol. The van der Waals surface area contributed by atoms with E-state index in [2.05, 4.69) is 42.1 Å². The third-order valence-corrected chi connectivity index (χ3v) is 6.83. The molecular formula is C21H21NOS. The van der Waals surface area contributed by atoms with Gasteiger partial charge in [0.05, 0.1) is 17.2 Å². The molecule has 2 aliphatic rings. The average Bonchev–Trinajstić information content (AvgIpc) is 2.94. The summed E-state index contributed by atoms with van der Waals surface area (Å²) in [6, 6.07) is 18.3. The second-order valence-corrected chi connectivity index (χ2v) is 8.73. The van der Waals surface area contributed by atoms with Gasteiger partial charge in [-0.2, -0.15) is 17.0 Å². The van der Waals surface area contributed by atoms with Gasteiger partial charge in [-0.3, -0.25) is 0 Å². The van der Waals surface area contributed by atoms with E-state index in [9.17, 15) is 10.4 Å². The van der Waals surface area contributed by atoms with Gasteiger partial charge in [-0.25, -0.2) is 0 Å². The molecule has 2 nitrogen and oxygen atoms in total. The zero-order valence-electron chi connectivity index (χ0n) is 13.6. The lowest BCUT2D eigenvalue weighted by Gasteiger charge is -2.36. The molecule has 1 N–H and O–H groups in total. The number of fused-ring (bicyclic) bond motifs is 2. The molecule has 0 saturated carbocycles. The van der Waals surface area contributed by atoms with E-state index in [1.807, 2.05) is 24.3 Å². The first-order valence-electron chi connectivity index (χ1n) is 8.61. The number of benzene rings is 2. The molecule has 2 fully saturated rings. The number of hydrogen-bond acceptors (Lipinski definition) is 3. The molecule has 0 aromatic heterocycles. The molecule has 3 heteroatoms. The summed E-state index contributed by atoms with van der Waals surface area (Å²) in [4.78, 5) is 0. The van der Waals surface area contributed by atoms with E-state index >= 15 is 0 Å². The zero-order valence-corrected chi connectivity index (χ0v) is 14.4. The van der Waals surface area contributed by atoms with Crippen molar-refractivity contribution in [3.8, 4) is 17.2 Å². The molecule has 2 heterocycles. The van der Waals surface area contributed by atoms with Crippen LogP contribution in [0.25, 0.3) is 11.1 Å². The van der Waals surface area contributed by atoms with Crippen molar-refractivity contribution in [2.24, 2.45) is 0 Å². The Labute approximate surface area is 147 Å². The van der Waals surface area contributed by atoms with Crippen LogP contribution in [-0.4, -0.2) is 21.2 Å². The fourth-order valence-corrected chi connectivity index (χ4v) is 6.07. The highest BCUT2D eigenvalue weighted by atomic mass is 32.2. The lowest BCUT2D eigenvalue weighted by molar-refractivity contribution is 0.0242. The van der Waals surface area contributed by atoms with Crippen LogP contribution in [0, 0.1) is 11.3 Å². The second kappa shape index (κ2) is 6.27. The third kappa shape index (κ3) is 3.09. The maximum absolute atomic E-state index is 11.0. The molecule has 2 aromatic rings. The highest BCUT2D eigenvalue weighted by Gasteiger charge is 2.43. The van der Waals surface area contributed by atoms with Crippen LogP contribution < -0.4 is 0 Å². The van der Waals surface area contributed by atoms with E-state index in [-0.39, 0.29) is 0 Å². The van der Waals surface area contributed by atoms with Gasteiger partial charge in [0.15, 0.2) is 0 Å². The van der Waals surface area contributed by atoms with E-state index in [0.717, 1.165) is 30.4 Å². The molecular weight excluding hydrogens is 314 g/mol. The van der Waals surface area contributed by atoms with Crippen LogP contribution in [0.1, 0.15) is 36.8 Å². The van der Waals surface area contributed by atoms with E-state index in [1.165, 1.54) is 18.4 Å². The van der Waals surface area contributed by atoms with Crippen LogP contribution >= 0.6 is 11.8 Å². The number of aliphatic hydroxyl groups is 1. The van der Waals surface area contributed by atoms with Crippen molar-refractivity contribution in [3.05, 3.63) is 59.7 Å². The summed E-state index contributed by atoms with van der Waals surface area (Å²) < 4.78 is 0. The zero-order chi connectivity index (χ0) is 16.6. The summed E-state index contributed by atoms with van der Waals surface area (Å²) in [7, 11) is 0. The van der Waals surface area contributed by atoms with E-state index in [0.29, 0.717) is 16.1 Å². The molecule has 2 aromatic carbocycles. The molecule has 0 amide bonds. The Hall–Kier alpha value is -1.76. The van der Waals surface area contributed by atoms with Crippen molar-refractivity contribution in [3.63, 3.8) is 0 Å². The SMILES string of the molecule is N#Cc1ccccc1-c1ccc(CC2(O)CC3CCC(C2)S3)cc1. The van der Waals surface area contributed by atoms with Crippen LogP contribution in [0.4, 0.5) is 0 Å². The number of rotatable bonds is 3. The van der Waals surface area contributed by atoms with Gasteiger partial charge < -0.3 is 5.11 Å². The Morgan fingerprint density at radius 1 is 1.04 bits per heavy atom. The number of hydrogen-bond donors (Lipinski definition) is 1. The summed E-state index contributed by atoms with van der Waals surface area (Å²) in [5.74, 6) is 0. The van der Waals surface area contributed by atoms with Gasteiger partial charge in [0.25, 0.3) is 0 Å². The summed E-state index contributed by atoms with van der Waals surface area (Å²) in [6.07, 6.45) is 5.12. The Kier molecular flexibility index (Phi) is 4.12. The molecule has 2 saturated heterocycles. The van der Waals surface area contributed by atoms with E-state index in [4.69, 9.17) is 0 Å². The predicted molar refractivity (Wildman–Crippen MR) is 98.9 cm³/mol. The minimum atomic E-state index is -0.539. The Bertz CT molecular complexity index is 765. The smallest absolute Gasteiger partial charge is 0.0998 e. The van der Waals surface area contributed by atoms with Crippen molar-refractivity contribution in [2.45, 2.75) is 48.2 Å². The Morgan fingerprint density at radius 2 is 1.71 bits per heavy atom. The quantitative estimate of drug-likeness (QED) is 0.894. The first-order valence-corrected chi connectivity index (χ1v) is 9.56. The minimum absolute atomic E-state index is 0.539. The van der Waals surface area contributed by atoms with Crippen LogP contribution in [0.15, 0.2) is 48.5 Å². The summed E-state index contributed by atoms with van der Waals surface area (Å²) in [6.45, 7) is 0. The van der Waals surface area contributed by atoms with Crippen molar-refractivity contribution in [2.75, 3.05) is 0 Å². The van der Waals surface area contributed by atoms with Crippen molar-refractivity contribution in [1.82, 2.24) is 0 Å². The van der Waals surface area contributed by atoms with E-state index in [1.54, 1.807) is 0 Å². The van der Waals surface area contributed by atoms with Gasteiger partial charge in [-0.1, -0.05) is 42.5 Å². The van der Waals surface area contributed by atoms with Gasteiger partial charge in [-0.15, -0.1) is 0 Å². The third-order valence-electron chi connectivity index (χ3n) is 5.26. The molecule has 4 rings (SSSR count). The maximum Gasteiger partial charge on any atom is 0.0998 e. The van der Waals surface area contributed by atoms with E-state index < -0.39 is 5.60 Å². The molecule has 24 heavy (non-hydrogen) atoms. The first kappa shape index (κ1) is 15.7. The van der Waals surface area contributed by atoms with Crippen LogP contribution in [0.2, 0.25) is 0 Å². The molecule has 2 unspecified atom stereocenters. The first-order chi connectivity index (χ1) is 11.6. The summed E-state index contributed by atoms with van der Waals surface area (Å²) in [5.41, 5.74) is 3.37.